The van der Waals surface area contributed by atoms with E-state index in [1.54, 1.807) is 12.1 Å². The normalized spacial score (nSPS) is 10.0. The average molecular weight is 459 g/mol. The van der Waals surface area contributed by atoms with Crippen molar-refractivity contribution in [2.75, 3.05) is 0 Å². The molecule has 0 saturated carbocycles. The van der Waals surface area contributed by atoms with Gasteiger partial charge in [-0.05, 0) is 41.5 Å². The van der Waals surface area contributed by atoms with E-state index in [4.69, 9.17) is 4.74 Å². The first kappa shape index (κ1) is 25.6. The van der Waals surface area contributed by atoms with Gasteiger partial charge in [0.25, 0.3) is 0 Å². The second-order valence-corrected chi connectivity index (χ2v) is 8.09. The van der Waals surface area contributed by atoms with Gasteiger partial charge in [-0.25, -0.2) is 0 Å². The van der Waals surface area contributed by atoms with Crippen molar-refractivity contribution in [3.63, 3.8) is 0 Å². The van der Waals surface area contributed by atoms with Crippen LogP contribution >= 0.6 is 11.8 Å². The van der Waals surface area contributed by atoms with E-state index in [9.17, 15) is 14.7 Å². The fourth-order valence-electron chi connectivity index (χ4n) is 3.15. The SMILES string of the molecule is CC(=O)Oc1cc(SC(C)=O)cc2ccccc12.Cc1cc(O)c2ccccc2c1.[H-].[K+]. The van der Waals surface area contributed by atoms with Gasteiger partial charge in [-0.3, -0.25) is 9.59 Å². The molecule has 4 aromatic carbocycles. The first-order chi connectivity index (χ1) is 14.3. The number of ether oxygens (including phenoxy) is 1. The third-order valence-corrected chi connectivity index (χ3v) is 5.06. The predicted octanol–water partition coefficient (Wildman–Crippen LogP) is 3.37. The van der Waals surface area contributed by atoms with Crippen LogP contribution in [-0.2, 0) is 9.59 Å². The summed E-state index contributed by atoms with van der Waals surface area (Å²) in [6.45, 7) is 4.84. The number of rotatable bonds is 2. The molecule has 0 aliphatic heterocycles. The molecular formula is C25H23KO4S. The summed E-state index contributed by atoms with van der Waals surface area (Å²) in [5, 5.41) is 13.4. The number of carbonyl (C=O) groups excluding carboxylic acids is 2. The fraction of sp³-hybridized carbons (Fsp3) is 0.120. The number of aryl methyl sites for hydroxylation is 1. The van der Waals surface area contributed by atoms with Crippen molar-refractivity contribution < 1.29 is 72.2 Å². The third-order valence-electron chi connectivity index (χ3n) is 4.30. The molecule has 6 heteroatoms. The molecule has 0 radical (unpaired) electrons. The van der Waals surface area contributed by atoms with Crippen LogP contribution in [0.25, 0.3) is 21.5 Å². The molecule has 0 spiro atoms. The van der Waals surface area contributed by atoms with Crippen LogP contribution in [-0.4, -0.2) is 16.2 Å². The predicted molar refractivity (Wildman–Crippen MR) is 123 cm³/mol. The van der Waals surface area contributed by atoms with E-state index < -0.39 is 0 Å². The molecule has 0 atom stereocenters. The van der Waals surface area contributed by atoms with E-state index in [1.807, 2.05) is 61.5 Å². The number of thioether (sulfide) groups is 1. The van der Waals surface area contributed by atoms with Crippen molar-refractivity contribution in [2.24, 2.45) is 0 Å². The van der Waals surface area contributed by atoms with E-state index in [2.05, 4.69) is 6.07 Å². The first-order valence-electron chi connectivity index (χ1n) is 9.41. The maximum atomic E-state index is 11.1. The van der Waals surface area contributed by atoms with Gasteiger partial charge in [0.05, 0.1) is 0 Å². The zero-order chi connectivity index (χ0) is 21.7. The summed E-state index contributed by atoms with van der Waals surface area (Å²) in [6.07, 6.45) is 0. The Hall–Kier alpha value is -1.67. The molecule has 154 valence electrons. The van der Waals surface area contributed by atoms with Gasteiger partial charge in [0.15, 0.2) is 5.12 Å². The smallest absolute Gasteiger partial charge is 1.00 e. The minimum absolute atomic E-state index is 0. The van der Waals surface area contributed by atoms with E-state index in [1.165, 1.54) is 13.8 Å². The van der Waals surface area contributed by atoms with Gasteiger partial charge in [-0.15, -0.1) is 0 Å². The van der Waals surface area contributed by atoms with Crippen molar-refractivity contribution in [1.82, 2.24) is 0 Å². The van der Waals surface area contributed by atoms with Gasteiger partial charge in [-0.1, -0.05) is 66.4 Å². The maximum absolute atomic E-state index is 11.1. The van der Waals surface area contributed by atoms with Gasteiger partial charge in [0.2, 0.25) is 0 Å². The van der Waals surface area contributed by atoms with E-state index in [0.29, 0.717) is 11.5 Å². The Morgan fingerprint density at radius 1 is 0.871 bits per heavy atom. The zero-order valence-corrected chi connectivity index (χ0v) is 21.9. The van der Waals surface area contributed by atoms with Crippen LogP contribution in [0.3, 0.4) is 0 Å². The van der Waals surface area contributed by atoms with E-state index >= 15 is 0 Å². The minimum Gasteiger partial charge on any atom is -1.00 e. The Kier molecular flexibility index (Phi) is 9.74. The summed E-state index contributed by atoms with van der Waals surface area (Å²) in [6, 6.07) is 22.9. The van der Waals surface area contributed by atoms with Crippen molar-refractivity contribution in [3.05, 3.63) is 78.4 Å². The number of hydrogen-bond acceptors (Lipinski definition) is 5. The minimum atomic E-state index is -0.370. The molecule has 0 amide bonds. The van der Waals surface area contributed by atoms with Crippen molar-refractivity contribution in [1.29, 1.82) is 0 Å². The number of esters is 1. The van der Waals surface area contributed by atoms with Crippen molar-refractivity contribution in [3.8, 4) is 11.5 Å². The molecule has 0 bridgehead atoms. The number of carbonyl (C=O) groups is 2. The largest absolute Gasteiger partial charge is 1.00 e. The van der Waals surface area contributed by atoms with Crippen LogP contribution in [0.15, 0.2) is 77.7 Å². The molecule has 4 nitrogen and oxygen atoms in total. The van der Waals surface area contributed by atoms with Crippen LogP contribution in [0.1, 0.15) is 20.8 Å². The second-order valence-electron chi connectivity index (χ2n) is 6.84. The summed E-state index contributed by atoms with van der Waals surface area (Å²) in [7, 11) is 0. The summed E-state index contributed by atoms with van der Waals surface area (Å²) >= 11 is 1.12. The Bertz CT molecular complexity index is 1240. The van der Waals surface area contributed by atoms with Crippen molar-refractivity contribution in [2.45, 2.75) is 25.7 Å². The van der Waals surface area contributed by atoms with Gasteiger partial charge in [-0.2, -0.15) is 0 Å². The molecule has 0 unspecified atom stereocenters. The van der Waals surface area contributed by atoms with Crippen LogP contribution in [0.2, 0.25) is 0 Å². The average Bonchev–Trinajstić information content (AvgIpc) is 2.67. The standard InChI is InChI=1S/C14H12O3S.C11H10O.K.H/c1-9(15)17-14-8-12(18-10(2)16)7-11-5-3-4-6-13(11)14;1-8-6-9-4-2-3-5-10(9)11(12)7-8;;/h3-8H,1-2H3;2-7,12H,1H3;;/q;;+1;-1. The topological polar surface area (TPSA) is 63.6 Å². The molecule has 0 aromatic heterocycles. The Morgan fingerprint density at radius 3 is 2.06 bits per heavy atom. The number of phenols is 1. The molecule has 0 aliphatic carbocycles. The summed E-state index contributed by atoms with van der Waals surface area (Å²) in [5.74, 6) is 0.486. The van der Waals surface area contributed by atoms with Crippen LogP contribution in [0, 0.1) is 6.92 Å². The molecule has 0 heterocycles. The van der Waals surface area contributed by atoms with Gasteiger partial charge < -0.3 is 11.3 Å². The number of aromatic hydroxyl groups is 1. The number of hydrogen-bond donors (Lipinski definition) is 1. The van der Waals surface area contributed by atoms with E-state index in [0.717, 1.165) is 43.8 Å². The van der Waals surface area contributed by atoms with Gasteiger partial charge in [0, 0.05) is 29.5 Å². The number of fused-ring (bicyclic) bond motifs is 2. The van der Waals surface area contributed by atoms with E-state index in [-0.39, 0.29) is 63.9 Å². The van der Waals surface area contributed by atoms with Crippen LogP contribution < -0.4 is 56.1 Å². The molecule has 0 aliphatic rings. The van der Waals surface area contributed by atoms with Crippen LogP contribution in [0.5, 0.6) is 11.5 Å². The Morgan fingerprint density at radius 2 is 1.45 bits per heavy atom. The monoisotopic (exact) mass is 458 g/mol. The zero-order valence-electron chi connectivity index (χ0n) is 19.0. The van der Waals surface area contributed by atoms with Gasteiger partial charge >= 0.3 is 57.4 Å². The maximum Gasteiger partial charge on any atom is 1.00 e. The third kappa shape index (κ3) is 7.17. The van der Waals surface area contributed by atoms with Crippen LogP contribution in [0.4, 0.5) is 0 Å². The summed E-state index contributed by atoms with van der Waals surface area (Å²) < 4.78 is 5.19. The summed E-state index contributed by atoms with van der Waals surface area (Å²) in [4.78, 5) is 23.0. The molecular weight excluding hydrogens is 435 g/mol. The Balaban J connectivity index is 0.000000321. The quantitative estimate of drug-likeness (QED) is 0.216. The Labute approximate surface area is 229 Å². The second kappa shape index (κ2) is 11.8. The fourth-order valence-corrected chi connectivity index (χ4v) is 3.83. The molecule has 0 fully saturated rings. The number of benzene rings is 4. The molecule has 0 saturated heterocycles. The summed E-state index contributed by atoms with van der Waals surface area (Å²) in [5.41, 5.74) is 1.09. The molecule has 4 rings (SSSR count). The van der Waals surface area contributed by atoms with Gasteiger partial charge in [0.1, 0.15) is 11.5 Å². The molecule has 1 N–H and O–H groups in total. The van der Waals surface area contributed by atoms with Crippen molar-refractivity contribution >= 4 is 44.4 Å². The number of phenolic OH excluding ortho intramolecular Hbond substituents is 1. The molecule has 4 aromatic rings. The molecule has 31 heavy (non-hydrogen) atoms. The first-order valence-corrected chi connectivity index (χ1v) is 10.2.